The Labute approximate surface area is 194 Å². The van der Waals surface area contributed by atoms with Crippen molar-refractivity contribution in [1.29, 1.82) is 0 Å². The molecule has 0 saturated heterocycles. The van der Waals surface area contributed by atoms with Gasteiger partial charge in [-0.1, -0.05) is 55.6 Å². The van der Waals surface area contributed by atoms with Gasteiger partial charge in [-0.05, 0) is 91.4 Å². The minimum Gasteiger partial charge on any atom is -0.372 e. The van der Waals surface area contributed by atoms with E-state index in [1.54, 1.807) is 0 Å². The summed E-state index contributed by atoms with van der Waals surface area (Å²) in [6.45, 7) is 21.6. The summed E-state index contributed by atoms with van der Waals surface area (Å²) in [5.74, 6) is 0. The average Bonchev–Trinajstić information content (AvgIpc) is 2.85. The standard InChI is InChI=1S/C30H36N2/c1-7-31(8-2)29-18-14-25(15-19-29)23(5)27-12-11-13-28(22-27)24(6)26-16-20-30(21-17-26)32(9-3)10-4/h11-22H,5-10H2,1-4H3. The molecule has 3 rings (SSSR count). The SMILES string of the molecule is C=C(c1ccc(N(CC)CC)cc1)c1cccc(C(=C)c2ccc(N(CC)CC)cc2)c1. The van der Waals surface area contributed by atoms with Gasteiger partial charge in [0.15, 0.2) is 0 Å². The third kappa shape index (κ3) is 5.13. The predicted octanol–water partition coefficient (Wildman–Crippen LogP) is 7.50. The fraction of sp³-hybridized carbons (Fsp3) is 0.267. The smallest absolute Gasteiger partial charge is 0.0366 e. The summed E-state index contributed by atoms with van der Waals surface area (Å²) in [6, 6.07) is 26.0. The van der Waals surface area contributed by atoms with Gasteiger partial charge in [0.05, 0.1) is 0 Å². The Bertz CT molecular complexity index is 954. The maximum atomic E-state index is 4.38. The van der Waals surface area contributed by atoms with E-state index < -0.39 is 0 Å². The van der Waals surface area contributed by atoms with E-state index in [-0.39, 0.29) is 0 Å². The summed E-state index contributed by atoms with van der Waals surface area (Å²) in [5.41, 5.74) is 9.10. The number of rotatable bonds is 10. The minimum atomic E-state index is 1.01. The molecule has 3 aromatic carbocycles. The Balaban J connectivity index is 1.80. The highest BCUT2D eigenvalue weighted by atomic mass is 15.1. The molecule has 2 nitrogen and oxygen atoms in total. The van der Waals surface area contributed by atoms with Crippen molar-refractivity contribution < 1.29 is 0 Å². The lowest BCUT2D eigenvalue weighted by atomic mass is 9.93. The van der Waals surface area contributed by atoms with Gasteiger partial charge < -0.3 is 9.80 Å². The van der Waals surface area contributed by atoms with Crippen LogP contribution in [0.2, 0.25) is 0 Å². The fourth-order valence-corrected chi connectivity index (χ4v) is 4.15. The van der Waals surface area contributed by atoms with Crippen LogP contribution in [-0.2, 0) is 0 Å². The third-order valence-electron chi connectivity index (χ3n) is 6.25. The predicted molar refractivity (Wildman–Crippen MR) is 143 cm³/mol. The van der Waals surface area contributed by atoms with E-state index in [0.717, 1.165) is 59.6 Å². The zero-order valence-electron chi connectivity index (χ0n) is 20.1. The quantitative estimate of drug-likeness (QED) is 0.332. The number of benzene rings is 3. The van der Waals surface area contributed by atoms with E-state index in [2.05, 4.69) is 123 Å². The highest BCUT2D eigenvalue weighted by molar-refractivity contribution is 5.84. The van der Waals surface area contributed by atoms with Crippen LogP contribution in [0.5, 0.6) is 0 Å². The lowest BCUT2D eigenvalue weighted by Crippen LogP contribution is -2.21. The van der Waals surface area contributed by atoms with Gasteiger partial charge in [-0.15, -0.1) is 0 Å². The van der Waals surface area contributed by atoms with Crippen molar-refractivity contribution in [2.75, 3.05) is 36.0 Å². The second-order valence-electron chi connectivity index (χ2n) is 7.98. The summed E-state index contributed by atoms with van der Waals surface area (Å²) in [6.07, 6.45) is 0. The van der Waals surface area contributed by atoms with E-state index in [1.807, 2.05) is 0 Å². The van der Waals surface area contributed by atoms with Gasteiger partial charge in [0.1, 0.15) is 0 Å². The summed E-state index contributed by atoms with van der Waals surface area (Å²) >= 11 is 0. The number of nitrogens with zero attached hydrogens (tertiary/aromatic N) is 2. The van der Waals surface area contributed by atoms with Gasteiger partial charge in [0.25, 0.3) is 0 Å². The van der Waals surface area contributed by atoms with Gasteiger partial charge in [-0.2, -0.15) is 0 Å². The minimum absolute atomic E-state index is 1.01. The van der Waals surface area contributed by atoms with E-state index in [1.165, 1.54) is 11.4 Å². The molecular weight excluding hydrogens is 388 g/mol. The van der Waals surface area contributed by atoms with E-state index >= 15 is 0 Å². The molecule has 0 spiro atoms. The van der Waals surface area contributed by atoms with E-state index in [9.17, 15) is 0 Å². The molecule has 0 aliphatic rings. The maximum absolute atomic E-state index is 4.38. The van der Waals surface area contributed by atoms with Crippen molar-refractivity contribution >= 4 is 22.5 Å². The monoisotopic (exact) mass is 424 g/mol. The number of hydrogen-bond donors (Lipinski definition) is 0. The molecule has 2 heteroatoms. The van der Waals surface area contributed by atoms with Gasteiger partial charge in [-0.3, -0.25) is 0 Å². The zero-order chi connectivity index (χ0) is 23.1. The molecule has 0 fully saturated rings. The van der Waals surface area contributed by atoms with Crippen LogP contribution in [0.1, 0.15) is 49.9 Å². The molecule has 0 aromatic heterocycles. The number of anilines is 2. The lowest BCUT2D eigenvalue weighted by Gasteiger charge is -2.21. The second kappa shape index (κ2) is 10.9. The first-order valence-electron chi connectivity index (χ1n) is 11.7. The maximum Gasteiger partial charge on any atom is 0.0366 e. The van der Waals surface area contributed by atoms with E-state index in [0.29, 0.717) is 0 Å². The summed E-state index contributed by atoms with van der Waals surface area (Å²) in [4.78, 5) is 4.70. The fourth-order valence-electron chi connectivity index (χ4n) is 4.15. The van der Waals surface area contributed by atoms with Crippen molar-refractivity contribution in [3.63, 3.8) is 0 Å². The molecule has 0 aliphatic carbocycles. The van der Waals surface area contributed by atoms with Crippen LogP contribution in [0.3, 0.4) is 0 Å². The van der Waals surface area contributed by atoms with Crippen LogP contribution in [0.25, 0.3) is 11.1 Å². The molecule has 0 bridgehead atoms. The number of hydrogen-bond acceptors (Lipinski definition) is 2. The van der Waals surface area contributed by atoms with Crippen molar-refractivity contribution in [3.8, 4) is 0 Å². The molecule has 3 aromatic rings. The normalized spacial score (nSPS) is 10.6. The second-order valence-corrected chi connectivity index (χ2v) is 7.98. The van der Waals surface area contributed by atoms with E-state index in [4.69, 9.17) is 0 Å². The lowest BCUT2D eigenvalue weighted by molar-refractivity contribution is 0.866. The van der Waals surface area contributed by atoms with Crippen LogP contribution in [0, 0.1) is 0 Å². The van der Waals surface area contributed by atoms with Gasteiger partial charge in [0.2, 0.25) is 0 Å². The first kappa shape index (κ1) is 23.4. The van der Waals surface area contributed by atoms with Crippen molar-refractivity contribution in [2.24, 2.45) is 0 Å². The Hall–Kier alpha value is -3.26. The molecule has 166 valence electrons. The van der Waals surface area contributed by atoms with Crippen LogP contribution < -0.4 is 9.80 Å². The van der Waals surface area contributed by atoms with Gasteiger partial charge in [-0.25, -0.2) is 0 Å². The molecule has 32 heavy (non-hydrogen) atoms. The molecule has 0 atom stereocenters. The summed E-state index contributed by atoms with van der Waals surface area (Å²) in [7, 11) is 0. The molecule has 0 unspecified atom stereocenters. The van der Waals surface area contributed by atoms with Crippen molar-refractivity contribution in [2.45, 2.75) is 27.7 Å². The molecule has 0 amide bonds. The molecule has 0 saturated carbocycles. The Kier molecular flexibility index (Phi) is 7.94. The van der Waals surface area contributed by atoms with Crippen LogP contribution >= 0.6 is 0 Å². The van der Waals surface area contributed by atoms with Gasteiger partial charge >= 0.3 is 0 Å². The molecule has 0 aliphatic heterocycles. The average molecular weight is 425 g/mol. The first-order chi connectivity index (χ1) is 15.5. The van der Waals surface area contributed by atoms with Crippen LogP contribution in [0.15, 0.2) is 86.0 Å². The molecular formula is C30H36N2. The zero-order valence-corrected chi connectivity index (χ0v) is 20.1. The van der Waals surface area contributed by atoms with Crippen molar-refractivity contribution in [1.82, 2.24) is 0 Å². The first-order valence-corrected chi connectivity index (χ1v) is 11.7. The van der Waals surface area contributed by atoms with Crippen molar-refractivity contribution in [3.05, 3.63) is 108 Å². The molecule has 0 heterocycles. The Morgan fingerprint density at radius 1 is 0.531 bits per heavy atom. The Morgan fingerprint density at radius 2 is 0.875 bits per heavy atom. The topological polar surface area (TPSA) is 6.48 Å². The highest BCUT2D eigenvalue weighted by Crippen LogP contribution is 2.29. The van der Waals surface area contributed by atoms with Crippen LogP contribution in [0.4, 0.5) is 11.4 Å². The molecule has 0 radical (unpaired) electrons. The summed E-state index contributed by atoms with van der Waals surface area (Å²) < 4.78 is 0. The Morgan fingerprint density at radius 3 is 1.19 bits per heavy atom. The van der Waals surface area contributed by atoms with Crippen LogP contribution in [-0.4, -0.2) is 26.2 Å². The largest absolute Gasteiger partial charge is 0.372 e. The molecule has 0 N–H and O–H groups in total. The van der Waals surface area contributed by atoms with Gasteiger partial charge in [0, 0.05) is 37.6 Å². The third-order valence-corrected chi connectivity index (χ3v) is 6.25. The summed E-state index contributed by atoms with van der Waals surface area (Å²) in [5, 5.41) is 0. The highest BCUT2D eigenvalue weighted by Gasteiger charge is 2.09.